The Bertz CT molecular complexity index is 1150. The highest BCUT2D eigenvalue weighted by Crippen LogP contribution is 2.26. The number of nitrogens with zero attached hydrogens (tertiary/aromatic N) is 2. The van der Waals surface area contributed by atoms with Crippen molar-refractivity contribution < 1.29 is 18.0 Å². The van der Waals surface area contributed by atoms with Crippen LogP contribution in [0.5, 0.6) is 0 Å². The van der Waals surface area contributed by atoms with E-state index in [9.17, 15) is 18.0 Å². The lowest BCUT2D eigenvalue weighted by Gasteiger charge is -2.34. The zero-order valence-electron chi connectivity index (χ0n) is 21.2. The van der Waals surface area contributed by atoms with Crippen molar-refractivity contribution in [2.75, 3.05) is 17.1 Å². The van der Waals surface area contributed by atoms with E-state index >= 15 is 0 Å². The lowest BCUT2D eigenvalue weighted by Crippen LogP contribution is -2.54. The van der Waals surface area contributed by atoms with Gasteiger partial charge >= 0.3 is 0 Å². The van der Waals surface area contributed by atoms with Crippen LogP contribution in [0.15, 0.2) is 48.5 Å². The molecule has 0 bridgehead atoms. The van der Waals surface area contributed by atoms with Crippen LogP contribution in [0.3, 0.4) is 0 Å². The zero-order chi connectivity index (χ0) is 26.3. The van der Waals surface area contributed by atoms with Gasteiger partial charge in [0.1, 0.15) is 12.6 Å². The predicted octanol–water partition coefficient (Wildman–Crippen LogP) is 4.67. The third-order valence-electron chi connectivity index (χ3n) is 6.64. The Balaban J connectivity index is 1.91. The molecule has 9 heteroatoms. The molecule has 1 N–H and O–H groups in total. The van der Waals surface area contributed by atoms with Crippen LogP contribution in [-0.4, -0.2) is 50.0 Å². The van der Waals surface area contributed by atoms with E-state index in [1.165, 1.54) is 11.3 Å². The maximum Gasteiger partial charge on any atom is 0.244 e. The number of anilines is 1. The molecule has 1 unspecified atom stereocenters. The summed E-state index contributed by atoms with van der Waals surface area (Å²) in [5.41, 5.74) is 1.88. The van der Waals surface area contributed by atoms with Crippen LogP contribution in [0.4, 0.5) is 5.69 Å². The molecule has 0 aromatic heterocycles. The maximum atomic E-state index is 13.8. The molecule has 2 amide bonds. The van der Waals surface area contributed by atoms with E-state index < -0.39 is 28.5 Å². The Kier molecular flexibility index (Phi) is 9.79. The summed E-state index contributed by atoms with van der Waals surface area (Å²) < 4.78 is 26.6. The van der Waals surface area contributed by atoms with Crippen molar-refractivity contribution in [3.05, 3.63) is 64.7 Å². The summed E-state index contributed by atoms with van der Waals surface area (Å²) in [5.74, 6) is -0.633. The average Bonchev–Trinajstić information content (AvgIpc) is 2.83. The Morgan fingerprint density at radius 2 is 1.75 bits per heavy atom. The van der Waals surface area contributed by atoms with Gasteiger partial charge in [-0.25, -0.2) is 8.42 Å². The van der Waals surface area contributed by atoms with Crippen LogP contribution in [0, 0.1) is 6.92 Å². The number of sulfonamides is 1. The Hall–Kier alpha value is -2.58. The molecule has 1 fully saturated rings. The number of rotatable bonds is 10. The van der Waals surface area contributed by atoms with Crippen LogP contribution >= 0.6 is 11.6 Å². The van der Waals surface area contributed by atoms with Gasteiger partial charge in [-0.15, -0.1) is 0 Å². The molecule has 2 aromatic carbocycles. The molecule has 0 heterocycles. The smallest absolute Gasteiger partial charge is 0.244 e. The summed E-state index contributed by atoms with van der Waals surface area (Å²) >= 11 is 6.07. The van der Waals surface area contributed by atoms with Gasteiger partial charge in [0.25, 0.3) is 0 Å². The lowest BCUT2D eigenvalue weighted by atomic mass is 9.95. The summed E-state index contributed by atoms with van der Waals surface area (Å²) in [6, 6.07) is 13.7. The number of nitrogens with one attached hydrogen (secondary N) is 1. The minimum absolute atomic E-state index is 0.109. The van der Waals surface area contributed by atoms with Gasteiger partial charge in [-0.05, 0) is 55.5 Å². The number of aryl methyl sites for hydroxylation is 1. The lowest BCUT2D eigenvalue weighted by molar-refractivity contribution is -0.140. The molecule has 1 aliphatic carbocycles. The fourth-order valence-corrected chi connectivity index (χ4v) is 5.87. The van der Waals surface area contributed by atoms with Crippen molar-refractivity contribution in [3.8, 4) is 0 Å². The minimum Gasteiger partial charge on any atom is -0.352 e. The summed E-state index contributed by atoms with van der Waals surface area (Å²) in [5, 5.41) is 3.62. The van der Waals surface area contributed by atoms with Gasteiger partial charge in [-0.2, -0.15) is 0 Å². The van der Waals surface area contributed by atoms with Gasteiger partial charge in [0.05, 0.1) is 11.9 Å². The fraction of sp³-hybridized carbons (Fsp3) is 0.481. The van der Waals surface area contributed by atoms with Crippen LogP contribution in [0.25, 0.3) is 0 Å². The van der Waals surface area contributed by atoms with E-state index in [-0.39, 0.29) is 18.5 Å². The van der Waals surface area contributed by atoms with Gasteiger partial charge in [0.15, 0.2) is 0 Å². The van der Waals surface area contributed by atoms with Gasteiger partial charge in [0, 0.05) is 17.6 Å². The highest BCUT2D eigenvalue weighted by molar-refractivity contribution is 7.92. The Morgan fingerprint density at radius 3 is 2.33 bits per heavy atom. The second kappa shape index (κ2) is 12.6. The molecule has 3 rings (SSSR count). The second-order valence-corrected chi connectivity index (χ2v) is 11.8. The first-order chi connectivity index (χ1) is 17.1. The van der Waals surface area contributed by atoms with E-state index in [1.54, 1.807) is 25.1 Å². The van der Waals surface area contributed by atoms with Gasteiger partial charge in [-0.1, -0.05) is 68.1 Å². The van der Waals surface area contributed by atoms with E-state index in [0.29, 0.717) is 22.7 Å². The van der Waals surface area contributed by atoms with Crippen molar-refractivity contribution in [2.45, 2.75) is 71.0 Å². The molecule has 7 nitrogen and oxygen atoms in total. The molecule has 0 radical (unpaired) electrons. The van der Waals surface area contributed by atoms with E-state index in [2.05, 4.69) is 5.32 Å². The normalized spacial score (nSPS) is 15.2. The number of benzene rings is 2. The number of hydrogen-bond donors (Lipinski definition) is 1. The molecule has 1 aliphatic rings. The Morgan fingerprint density at radius 1 is 1.08 bits per heavy atom. The molecule has 2 aromatic rings. The first-order valence-electron chi connectivity index (χ1n) is 12.5. The maximum absolute atomic E-state index is 13.8. The van der Waals surface area contributed by atoms with Gasteiger partial charge in [0.2, 0.25) is 21.8 Å². The predicted molar refractivity (Wildman–Crippen MR) is 144 cm³/mol. The monoisotopic (exact) mass is 533 g/mol. The summed E-state index contributed by atoms with van der Waals surface area (Å²) in [6.07, 6.45) is 6.70. The standard InChI is InChI=1S/C27H36ClN3O4S/c1-4-24(27(33)29-23-13-9-6-10-14-23)30(18-21-11-7-5-8-12-21)26(32)19-31(36(3,34)35)25-16-15-22(28)17-20(25)2/h5,7-8,11-12,15-17,23-24H,4,6,9-10,13-14,18-19H2,1-3H3,(H,29,33). The summed E-state index contributed by atoms with van der Waals surface area (Å²) in [4.78, 5) is 28.6. The van der Waals surface area contributed by atoms with Crippen molar-refractivity contribution in [1.29, 1.82) is 0 Å². The quantitative estimate of drug-likeness (QED) is 0.481. The molecule has 0 spiro atoms. The topological polar surface area (TPSA) is 86.8 Å². The zero-order valence-corrected chi connectivity index (χ0v) is 22.8. The summed E-state index contributed by atoms with van der Waals surface area (Å²) in [6.45, 7) is 3.40. The third kappa shape index (κ3) is 7.46. The molecule has 1 saturated carbocycles. The highest BCUT2D eigenvalue weighted by atomic mass is 35.5. The van der Waals surface area contributed by atoms with Crippen molar-refractivity contribution in [1.82, 2.24) is 10.2 Å². The largest absolute Gasteiger partial charge is 0.352 e. The molecule has 196 valence electrons. The Labute approximate surface area is 219 Å². The second-order valence-electron chi connectivity index (χ2n) is 9.48. The van der Waals surface area contributed by atoms with E-state index in [0.717, 1.165) is 41.8 Å². The van der Waals surface area contributed by atoms with Gasteiger partial charge in [-0.3, -0.25) is 13.9 Å². The van der Waals surface area contributed by atoms with Crippen molar-refractivity contribution in [2.24, 2.45) is 0 Å². The first kappa shape index (κ1) is 28.0. The van der Waals surface area contributed by atoms with Crippen LogP contribution in [0.1, 0.15) is 56.6 Å². The van der Waals surface area contributed by atoms with Crippen LogP contribution < -0.4 is 9.62 Å². The number of carbonyl (C=O) groups is 2. The van der Waals surface area contributed by atoms with Crippen LogP contribution in [0.2, 0.25) is 5.02 Å². The average molecular weight is 534 g/mol. The highest BCUT2D eigenvalue weighted by Gasteiger charge is 2.33. The minimum atomic E-state index is -3.79. The molecule has 36 heavy (non-hydrogen) atoms. The first-order valence-corrected chi connectivity index (χ1v) is 14.7. The molecule has 1 atom stereocenters. The van der Waals surface area contributed by atoms with Crippen molar-refractivity contribution in [3.63, 3.8) is 0 Å². The number of carbonyl (C=O) groups excluding carboxylic acids is 2. The number of hydrogen-bond acceptors (Lipinski definition) is 4. The SMILES string of the molecule is CCC(C(=O)NC1CCCCC1)N(Cc1ccccc1)C(=O)CN(c1ccc(Cl)cc1C)S(C)(=O)=O. The third-order valence-corrected chi connectivity index (χ3v) is 8.00. The molecular formula is C27H36ClN3O4S. The molecule has 0 saturated heterocycles. The molecular weight excluding hydrogens is 498 g/mol. The van der Waals surface area contributed by atoms with Gasteiger partial charge < -0.3 is 10.2 Å². The van der Waals surface area contributed by atoms with Crippen molar-refractivity contribution >= 4 is 39.1 Å². The van der Waals surface area contributed by atoms with Crippen LogP contribution in [-0.2, 0) is 26.2 Å². The number of halogens is 1. The van der Waals surface area contributed by atoms with E-state index in [4.69, 9.17) is 11.6 Å². The molecule has 0 aliphatic heterocycles. The van der Waals surface area contributed by atoms with E-state index in [1.807, 2.05) is 37.3 Å². The summed E-state index contributed by atoms with van der Waals surface area (Å²) in [7, 11) is -3.79. The number of amides is 2. The fourth-order valence-electron chi connectivity index (χ4n) is 4.74.